The number of hydrogen-bond donors (Lipinski definition) is 2. The molecule has 3 rings (SSSR count). The average Bonchev–Trinajstić information content (AvgIpc) is 2.83. The minimum atomic E-state index is -4.26. The Morgan fingerprint density at radius 3 is 2.61 bits per heavy atom. The Hall–Kier alpha value is -2.19. The molecule has 0 spiro atoms. The lowest BCUT2D eigenvalue weighted by molar-refractivity contribution is -0.125. The number of carbonyl (C=O) groups excluding carboxylic acids is 1. The minimum absolute atomic E-state index is 0.0929. The van der Waals surface area contributed by atoms with Crippen molar-refractivity contribution in [3.05, 3.63) is 60.2 Å². The van der Waals surface area contributed by atoms with E-state index in [1.165, 1.54) is 11.8 Å². The van der Waals surface area contributed by atoms with E-state index in [4.69, 9.17) is 4.74 Å². The molecular formula is C20H21F3N2O2S. The first-order valence-corrected chi connectivity index (χ1v) is 9.98. The summed E-state index contributed by atoms with van der Waals surface area (Å²) in [5, 5.41) is 4.79. The van der Waals surface area contributed by atoms with Crippen molar-refractivity contribution in [2.45, 2.75) is 23.9 Å². The van der Waals surface area contributed by atoms with Crippen LogP contribution in [-0.2, 0) is 4.79 Å². The first-order chi connectivity index (χ1) is 13.4. The average molecular weight is 410 g/mol. The number of halogens is 3. The van der Waals surface area contributed by atoms with E-state index in [0.29, 0.717) is 23.7 Å². The lowest BCUT2D eigenvalue weighted by Gasteiger charge is -2.18. The molecule has 1 aliphatic heterocycles. The van der Waals surface area contributed by atoms with Gasteiger partial charge in [0.25, 0.3) is 0 Å². The van der Waals surface area contributed by atoms with Gasteiger partial charge in [-0.3, -0.25) is 4.79 Å². The maximum absolute atomic E-state index is 12.6. The largest absolute Gasteiger partial charge is 0.457 e. The number of nitrogens with one attached hydrogen (secondary N) is 2. The molecule has 1 aliphatic rings. The van der Waals surface area contributed by atoms with Gasteiger partial charge in [-0.05, 0) is 42.0 Å². The minimum Gasteiger partial charge on any atom is -0.457 e. The highest BCUT2D eigenvalue weighted by Gasteiger charge is 2.30. The molecule has 0 aromatic heterocycles. The third kappa shape index (κ3) is 6.17. The molecule has 0 unspecified atom stereocenters. The van der Waals surface area contributed by atoms with E-state index in [1.807, 2.05) is 54.6 Å². The van der Waals surface area contributed by atoms with Gasteiger partial charge in [0, 0.05) is 12.6 Å². The molecule has 0 saturated carbocycles. The Morgan fingerprint density at radius 1 is 1.11 bits per heavy atom. The van der Waals surface area contributed by atoms with E-state index < -0.39 is 18.0 Å². The van der Waals surface area contributed by atoms with Crippen LogP contribution in [0.1, 0.15) is 17.2 Å². The SMILES string of the molecule is O=C1N[C@H](CNCC(F)(F)F)CCS[C@@H]1c1cccc(Oc2ccccc2)c1. The first kappa shape index (κ1) is 20.5. The highest BCUT2D eigenvalue weighted by atomic mass is 32.2. The number of benzene rings is 2. The van der Waals surface area contributed by atoms with E-state index in [-0.39, 0.29) is 18.5 Å². The quantitative estimate of drug-likeness (QED) is 0.746. The first-order valence-electron chi connectivity index (χ1n) is 8.93. The zero-order valence-electron chi connectivity index (χ0n) is 15.0. The van der Waals surface area contributed by atoms with Crippen molar-refractivity contribution in [2.75, 3.05) is 18.8 Å². The van der Waals surface area contributed by atoms with Crippen LogP contribution in [0.5, 0.6) is 11.5 Å². The third-order valence-electron chi connectivity index (χ3n) is 4.19. The highest BCUT2D eigenvalue weighted by molar-refractivity contribution is 8.00. The van der Waals surface area contributed by atoms with Crippen molar-refractivity contribution < 1.29 is 22.7 Å². The summed E-state index contributed by atoms with van der Waals surface area (Å²) in [6, 6.07) is 16.3. The number of amides is 1. The Bertz CT molecular complexity index is 787. The van der Waals surface area contributed by atoms with Crippen molar-refractivity contribution >= 4 is 17.7 Å². The van der Waals surface area contributed by atoms with Crippen molar-refractivity contribution in [2.24, 2.45) is 0 Å². The smallest absolute Gasteiger partial charge is 0.401 e. The summed E-state index contributed by atoms with van der Waals surface area (Å²) in [6.45, 7) is -0.968. The second kappa shape index (κ2) is 9.34. The molecule has 0 bridgehead atoms. The molecule has 0 radical (unpaired) electrons. The number of hydrogen-bond acceptors (Lipinski definition) is 4. The third-order valence-corrected chi connectivity index (χ3v) is 5.48. The standard InChI is InChI=1S/C20H21F3N2O2S/c21-20(22,23)13-24-12-15-9-10-28-18(19(26)25-15)14-5-4-8-17(11-14)27-16-6-2-1-3-7-16/h1-8,11,15,18,24H,9-10,12-13H2,(H,25,26)/t15-,18+/m0/s1. The zero-order valence-corrected chi connectivity index (χ0v) is 15.9. The van der Waals surface area contributed by atoms with Crippen LogP contribution in [0.2, 0.25) is 0 Å². The molecule has 1 saturated heterocycles. The van der Waals surface area contributed by atoms with Gasteiger partial charge < -0.3 is 15.4 Å². The maximum Gasteiger partial charge on any atom is 0.401 e. The van der Waals surface area contributed by atoms with E-state index in [1.54, 1.807) is 0 Å². The van der Waals surface area contributed by atoms with Crippen molar-refractivity contribution in [1.82, 2.24) is 10.6 Å². The van der Waals surface area contributed by atoms with Gasteiger partial charge in [0.2, 0.25) is 5.91 Å². The van der Waals surface area contributed by atoms with E-state index >= 15 is 0 Å². The maximum atomic E-state index is 12.6. The van der Waals surface area contributed by atoms with Gasteiger partial charge in [0.05, 0.1) is 6.54 Å². The summed E-state index contributed by atoms with van der Waals surface area (Å²) >= 11 is 1.49. The number of alkyl halides is 3. The summed E-state index contributed by atoms with van der Waals surface area (Å²) in [6.07, 6.45) is -3.65. The van der Waals surface area contributed by atoms with Crippen LogP contribution in [0, 0.1) is 0 Å². The molecule has 8 heteroatoms. The van der Waals surface area contributed by atoms with E-state index in [0.717, 1.165) is 5.56 Å². The predicted molar refractivity (Wildman–Crippen MR) is 104 cm³/mol. The summed E-state index contributed by atoms with van der Waals surface area (Å²) in [4.78, 5) is 12.6. The van der Waals surface area contributed by atoms with Crippen molar-refractivity contribution in [3.63, 3.8) is 0 Å². The Balaban J connectivity index is 1.62. The van der Waals surface area contributed by atoms with Gasteiger partial charge in [-0.1, -0.05) is 30.3 Å². The summed E-state index contributed by atoms with van der Waals surface area (Å²) in [5.41, 5.74) is 0.805. The van der Waals surface area contributed by atoms with E-state index in [9.17, 15) is 18.0 Å². The molecule has 1 heterocycles. The summed E-state index contributed by atoms with van der Waals surface area (Å²) in [7, 11) is 0. The highest BCUT2D eigenvalue weighted by Crippen LogP contribution is 2.34. The van der Waals surface area contributed by atoms with Gasteiger partial charge in [0.15, 0.2) is 0 Å². The number of para-hydroxylation sites is 1. The summed E-state index contributed by atoms with van der Waals surface area (Å²) < 4.78 is 42.7. The second-order valence-corrected chi connectivity index (χ2v) is 7.69. The van der Waals surface area contributed by atoms with Crippen molar-refractivity contribution in [3.8, 4) is 11.5 Å². The number of thioether (sulfide) groups is 1. The molecule has 2 N–H and O–H groups in total. The van der Waals surface area contributed by atoms with Gasteiger partial charge in [-0.15, -0.1) is 11.8 Å². The molecule has 1 fully saturated rings. The Morgan fingerprint density at radius 2 is 1.86 bits per heavy atom. The monoisotopic (exact) mass is 410 g/mol. The van der Waals surface area contributed by atoms with Gasteiger partial charge >= 0.3 is 6.18 Å². The lowest BCUT2D eigenvalue weighted by atomic mass is 10.1. The normalized spacial score (nSPS) is 20.3. The molecule has 4 nitrogen and oxygen atoms in total. The lowest BCUT2D eigenvalue weighted by Crippen LogP contribution is -2.44. The summed E-state index contributed by atoms with van der Waals surface area (Å²) in [5.74, 6) is 1.81. The Labute approximate surface area is 165 Å². The van der Waals surface area contributed by atoms with Crippen molar-refractivity contribution in [1.29, 1.82) is 0 Å². The molecule has 2 atom stereocenters. The molecule has 28 heavy (non-hydrogen) atoms. The molecule has 0 aliphatic carbocycles. The Kier molecular flexibility index (Phi) is 6.85. The number of rotatable bonds is 6. The zero-order chi connectivity index (χ0) is 20.0. The topological polar surface area (TPSA) is 50.4 Å². The molecule has 150 valence electrons. The molecular weight excluding hydrogens is 389 g/mol. The van der Waals surface area contributed by atoms with E-state index in [2.05, 4.69) is 10.6 Å². The second-order valence-electron chi connectivity index (χ2n) is 6.48. The van der Waals surface area contributed by atoms with Crippen LogP contribution in [0.15, 0.2) is 54.6 Å². The van der Waals surface area contributed by atoms with Gasteiger partial charge in [0.1, 0.15) is 16.7 Å². The van der Waals surface area contributed by atoms with Crippen LogP contribution in [0.25, 0.3) is 0 Å². The van der Waals surface area contributed by atoms with Crippen LogP contribution in [0.4, 0.5) is 13.2 Å². The predicted octanol–water partition coefficient (Wildman–Crippen LogP) is 4.29. The van der Waals surface area contributed by atoms with Gasteiger partial charge in [-0.25, -0.2) is 0 Å². The van der Waals surface area contributed by atoms with Crippen LogP contribution in [-0.4, -0.2) is 37.0 Å². The fourth-order valence-corrected chi connectivity index (χ4v) is 4.12. The molecule has 1 amide bonds. The molecule has 2 aromatic carbocycles. The van der Waals surface area contributed by atoms with Crippen LogP contribution >= 0.6 is 11.8 Å². The molecule has 2 aromatic rings. The van der Waals surface area contributed by atoms with Gasteiger partial charge in [-0.2, -0.15) is 13.2 Å². The van der Waals surface area contributed by atoms with Crippen LogP contribution < -0.4 is 15.4 Å². The fraction of sp³-hybridized carbons (Fsp3) is 0.350. The fourth-order valence-electron chi connectivity index (χ4n) is 2.91. The number of ether oxygens (including phenoxy) is 1. The number of carbonyl (C=O) groups is 1. The van der Waals surface area contributed by atoms with Crippen LogP contribution in [0.3, 0.4) is 0 Å².